The molecule has 2 aliphatic rings. The van der Waals surface area contributed by atoms with Crippen LogP contribution in [0.3, 0.4) is 0 Å². The van der Waals surface area contributed by atoms with Crippen LogP contribution in [0.2, 0.25) is 5.15 Å². The molecule has 1 atom stereocenters. The van der Waals surface area contributed by atoms with Gasteiger partial charge in [-0.1, -0.05) is 11.6 Å². The van der Waals surface area contributed by atoms with Gasteiger partial charge in [0, 0.05) is 19.0 Å². The number of carbonyl (C=O) groups is 1. The Morgan fingerprint density at radius 2 is 2.18 bits per heavy atom. The van der Waals surface area contributed by atoms with Crippen LogP contribution in [0.4, 0.5) is 0 Å². The quantitative estimate of drug-likeness (QED) is 0.784. The van der Waals surface area contributed by atoms with E-state index >= 15 is 0 Å². The number of hydrogen-bond donors (Lipinski definition) is 0. The summed E-state index contributed by atoms with van der Waals surface area (Å²) < 4.78 is 28.3. The molecule has 1 amide bonds. The van der Waals surface area contributed by atoms with Crippen LogP contribution in [-0.4, -0.2) is 60.4 Å². The van der Waals surface area contributed by atoms with E-state index in [2.05, 4.69) is 9.97 Å². The molecule has 0 spiro atoms. The second-order valence-corrected chi connectivity index (χ2v) is 8.32. The topological polar surface area (TPSA) is 89.5 Å². The van der Waals surface area contributed by atoms with E-state index in [1.807, 2.05) is 0 Å². The molecule has 2 aliphatic heterocycles. The first-order valence-electron chi connectivity index (χ1n) is 7.02. The summed E-state index contributed by atoms with van der Waals surface area (Å²) in [7, 11) is -3.02. The lowest BCUT2D eigenvalue weighted by atomic mass is 9.97. The fraction of sp³-hybridized carbons (Fsp3) is 0.615. The van der Waals surface area contributed by atoms with E-state index in [0.29, 0.717) is 32.0 Å². The minimum absolute atomic E-state index is 0.0123. The van der Waals surface area contributed by atoms with Crippen LogP contribution in [-0.2, 0) is 14.6 Å². The van der Waals surface area contributed by atoms with Gasteiger partial charge in [-0.3, -0.25) is 9.78 Å². The summed E-state index contributed by atoms with van der Waals surface area (Å²) in [6, 6.07) is 0. The average Bonchev–Trinajstić information content (AvgIpc) is 2.77. The van der Waals surface area contributed by atoms with E-state index in [1.54, 1.807) is 4.90 Å². The number of nitrogens with zero attached hydrogens (tertiary/aromatic N) is 3. The molecule has 0 bridgehead atoms. The summed E-state index contributed by atoms with van der Waals surface area (Å²) in [6.07, 6.45) is 3.35. The van der Waals surface area contributed by atoms with Gasteiger partial charge in [-0.2, -0.15) is 4.98 Å². The van der Waals surface area contributed by atoms with Crippen molar-refractivity contribution in [3.8, 4) is 5.88 Å². The molecule has 0 saturated carbocycles. The molecule has 22 heavy (non-hydrogen) atoms. The lowest BCUT2D eigenvalue weighted by molar-refractivity contribution is -0.141. The number of sulfone groups is 1. The third kappa shape index (κ3) is 3.49. The van der Waals surface area contributed by atoms with Crippen molar-refractivity contribution in [3.63, 3.8) is 0 Å². The van der Waals surface area contributed by atoms with Gasteiger partial charge >= 0.3 is 0 Å². The zero-order valence-electron chi connectivity index (χ0n) is 11.8. The smallest absolute Gasteiger partial charge is 0.233 e. The molecule has 1 aromatic rings. The van der Waals surface area contributed by atoms with Crippen molar-refractivity contribution in [3.05, 3.63) is 17.5 Å². The van der Waals surface area contributed by atoms with Crippen molar-refractivity contribution >= 4 is 27.3 Å². The summed E-state index contributed by atoms with van der Waals surface area (Å²) in [5.74, 6) is 0.270. The molecule has 0 aliphatic carbocycles. The minimum atomic E-state index is -3.02. The van der Waals surface area contributed by atoms with E-state index in [4.69, 9.17) is 16.3 Å². The first kappa shape index (κ1) is 15.5. The van der Waals surface area contributed by atoms with Gasteiger partial charge < -0.3 is 9.64 Å². The Labute approximate surface area is 133 Å². The summed E-state index contributed by atoms with van der Waals surface area (Å²) in [5, 5.41) is 0.269. The Balaban J connectivity index is 1.43. The third-order valence-electron chi connectivity index (χ3n) is 3.90. The van der Waals surface area contributed by atoms with Gasteiger partial charge in [-0.15, -0.1) is 0 Å². The summed E-state index contributed by atoms with van der Waals surface area (Å²) >= 11 is 5.71. The predicted octanol–water partition coefficient (Wildman–Crippen LogP) is 0.402. The molecule has 3 rings (SSSR count). The maximum absolute atomic E-state index is 12.2. The Hall–Kier alpha value is -1.41. The molecular formula is C13H16ClN3O4S. The number of likely N-dealkylation sites (tertiary alicyclic amines) is 1. The van der Waals surface area contributed by atoms with Crippen molar-refractivity contribution in [1.82, 2.24) is 14.9 Å². The second kappa shape index (κ2) is 6.00. The van der Waals surface area contributed by atoms with E-state index in [1.165, 1.54) is 12.4 Å². The molecule has 9 heteroatoms. The van der Waals surface area contributed by atoms with E-state index in [0.717, 1.165) is 0 Å². The highest BCUT2D eigenvalue weighted by Gasteiger charge is 2.39. The summed E-state index contributed by atoms with van der Waals surface area (Å²) in [6.45, 7) is 1.61. The Kier molecular flexibility index (Phi) is 4.22. The van der Waals surface area contributed by atoms with E-state index in [9.17, 15) is 13.2 Å². The normalized spacial score (nSPS) is 24.0. The summed E-state index contributed by atoms with van der Waals surface area (Å²) in [5.41, 5.74) is 0. The highest BCUT2D eigenvalue weighted by atomic mass is 35.5. The number of hydrogen-bond acceptors (Lipinski definition) is 6. The van der Waals surface area contributed by atoms with E-state index < -0.39 is 9.84 Å². The standard InChI is InChI=1S/C13H16ClN3O4S/c14-11-3-15-4-12(16-11)21-7-9-5-17(6-9)13(18)10-1-2-22(19,20)8-10/h3-4,9-10H,1-2,5-8H2. The zero-order valence-corrected chi connectivity index (χ0v) is 13.4. The maximum Gasteiger partial charge on any atom is 0.233 e. The van der Waals surface area contributed by atoms with Crippen molar-refractivity contribution < 1.29 is 17.9 Å². The Bertz CT molecular complexity index is 676. The largest absolute Gasteiger partial charge is 0.476 e. The molecule has 0 N–H and O–H groups in total. The van der Waals surface area contributed by atoms with Gasteiger partial charge in [-0.05, 0) is 6.42 Å². The number of carbonyl (C=O) groups excluding carboxylic acids is 1. The predicted molar refractivity (Wildman–Crippen MR) is 79.4 cm³/mol. The average molecular weight is 346 g/mol. The van der Waals surface area contributed by atoms with Crippen LogP contribution in [0.25, 0.3) is 0 Å². The van der Waals surface area contributed by atoms with Crippen LogP contribution >= 0.6 is 11.6 Å². The number of halogens is 1. The molecule has 2 saturated heterocycles. The molecule has 1 unspecified atom stereocenters. The Morgan fingerprint density at radius 3 is 2.82 bits per heavy atom. The van der Waals surface area contributed by atoms with Gasteiger partial charge in [0.25, 0.3) is 0 Å². The molecule has 7 nitrogen and oxygen atoms in total. The number of rotatable bonds is 4. The zero-order chi connectivity index (χ0) is 15.7. The van der Waals surface area contributed by atoms with E-state index in [-0.39, 0.29) is 34.4 Å². The number of amides is 1. The highest BCUT2D eigenvalue weighted by Crippen LogP contribution is 2.25. The lowest BCUT2D eigenvalue weighted by Gasteiger charge is -2.40. The highest BCUT2D eigenvalue weighted by molar-refractivity contribution is 7.91. The number of aromatic nitrogens is 2. The Morgan fingerprint density at radius 1 is 1.41 bits per heavy atom. The molecule has 120 valence electrons. The third-order valence-corrected chi connectivity index (χ3v) is 5.85. The van der Waals surface area contributed by atoms with Crippen molar-refractivity contribution in [2.24, 2.45) is 11.8 Å². The lowest BCUT2D eigenvalue weighted by Crippen LogP contribution is -2.54. The second-order valence-electron chi connectivity index (χ2n) is 5.70. The molecular weight excluding hydrogens is 330 g/mol. The summed E-state index contributed by atoms with van der Waals surface area (Å²) in [4.78, 5) is 21.7. The molecule has 3 heterocycles. The van der Waals surface area contributed by atoms with Crippen molar-refractivity contribution in [2.45, 2.75) is 6.42 Å². The first-order valence-corrected chi connectivity index (χ1v) is 9.22. The molecule has 2 fully saturated rings. The van der Waals surface area contributed by atoms with Gasteiger partial charge in [0.05, 0.1) is 36.4 Å². The first-order chi connectivity index (χ1) is 10.4. The van der Waals surface area contributed by atoms with Crippen LogP contribution < -0.4 is 4.74 Å². The van der Waals surface area contributed by atoms with Gasteiger partial charge in [0.2, 0.25) is 11.8 Å². The molecule has 1 aromatic heterocycles. The minimum Gasteiger partial charge on any atom is -0.476 e. The fourth-order valence-electron chi connectivity index (χ4n) is 2.70. The molecule has 0 radical (unpaired) electrons. The molecule has 0 aromatic carbocycles. The number of ether oxygens (including phenoxy) is 1. The fourth-order valence-corrected chi connectivity index (χ4v) is 4.57. The van der Waals surface area contributed by atoms with Gasteiger partial charge in [0.15, 0.2) is 15.0 Å². The van der Waals surface area contributed by atoms with Crippen LogP contribution in [0.5, 0.6) is 5.88 Å². The SMILES string of the molecule is O=C(C1CCS(=O)(=O)C1)N1CC(COc2cncc(Cl)n2)C1. The maximum atomic E-state index is 12.2. The van der Waals surface area contributed by atoms with Crippen LogP contribution in [0.1, 0.15) is 6.42 Å². The van der Waals surface area contributed by atoms with Gasteiger partial charge in [0.1, 0.15) is 0 Å². The monoisotopic (exact) mass is 345 g/mol. The van der Waals surface area contributed by atoms with Crippen molar-refractivity contribution in [1.29, 1.82) is 0 Å². The van der Waals surface area contributed by atoms with Crippen molar-refractivity contribution in [2.75, 3.05) is 31.2 Å². The van der Waals surface area contributed by atoms with Crippen LogP contribution in [0.15, 0.2) is 12.4 Å². The van der Waals surface area contributed by atoms with Crippen LogP contribution in [0, 0.1) is 11.8 Å². The van der Waals surface area contributed by atoms with Gasteiger partial charge in [-0.25, -0.2) is 8.42 Å².